The van der Waals surface area contributed by atoms with Crippen molar-refractivity contribution >= 4 is 5.69 Å². The van der Waals surface area contributed by atoms with Crippen LogP contribution in [0.1, 0.15) is 12.8 Å². The van der Waals surface area contributed by atoms with Gasteiger partial charge in [0.2, 0.25) is 0 Å². The van der Waals surface area contributed by atoms with Crippen molar-refractivity contribution in [2.75, 3.05) is 38.3 Å². The van der Waals surface area contributed by atoms with Gasteiger partial charge in [-0.25, -0.2) is 4.39 Å². The molecule has 17 heavy (non-hydrogen) atoms. The van der Waals surface area contributed by atoms with Gasteiger partial charge in [-0.3, -0.25) is 0 Å². The molecule has 0 heterocycles. The zero-order chi connectivity index (χ0) is 12.5. The second-order valence-corrected chi connectivity index (χ2v) is 3.96. The van der Waals surface area contributed by atoms with Crippen molar-refractivity contribution in [3.8, 4) is 0 Å². The van der Waals surface area contributed by atoms with E-state index in [1.54, 1.807) is 19.2 Å². The summed E-state index contributed by atoms with van der Waals surface area (Å²) in [4.78, 5) is 2.15. The van der Waals surface area contributed by atoms with E-state index >= 15 is 0 Å². The van der Waals surface area contributed by atoms with Gasteiger partial charge in [-0.15, -0.1) is 0 Å². The average molecular weight is 240 g/mol. The van der Waals surface area contributed by atoms with Crippen LogP contribution in [-0.2, 0) is 4.74 Å². The van der Waals surface area contributed by atoms with Gasteiger partial charge in [-0.05, 0) is 37.6 Å². The monoisotopic (exact) mass is 240 g/mol. The Morgan fingerprint density at radius 2 is 2.06 bits per heavy atom. The molecule has 0 aliphatic rings. The van der Waals surface area contributed by atoms with Gasteiger partial charge in [0.25, 0.3) is 0 Å². The average Bonchev–Trinajstić information content (AvgIpc) is 2.33. The van der Waals surface area contributed by atoms with E-state index in [0.29, 0.717) is 13.2 Å². The smallest absolute Gasteiger partial charge is 0.125 e. The second kappa shape index (κ2) is 8.03. The van der Waals surface area contributed by atoms with Crippen LogP contribution >= 0.6 is 0 Å². The molecule has 0 saturated heterocycles. The molecule has 4 heteroatoms. The van der Waals surface area contributed by atoms with Crippen LogP contribution in [0.5, 0.6) is 0 Å². The lowest BCUT2D eigenvalue weighted by atomic mass is 10.2. The van der Waals surface area contributed by atoms with E-state index in [4.69, 9.17) is 10.5 Å². The topological polar surface area (TPSA) is 38.5 Å². The summed E-state index contributed by atoms with van der Waals surface area (Å²) < 4.78 is 18.2. The number of rotatable bonds is 8. The van der Waals surface area contributed by atoms with Gasteiger partial charge in [0.1, 0.15) is 5.82 Å². The van der Waals surface area contributed by atoms with Crippen molar-refractivity contribution in [2.24, 2.45) is 5.73 Å². The van der Waals surface area contributed by atoms with Crippen molar-refractivity contribution in [1.82, 2.24) is 0 Å². The molecule has 3 nitrogen and oxygen atoms in total. The van der Waals surface area contributed by atoms with E-state index in [0.717, 1.165) is 31.6 Å². The highest BCUT2D eigenvalue weighted by molar-refractivity contribution is 5.46. The molecule has 0 bridgehead atoms. The number of hydrogen-bond donors (Lipinski definition) is 1. The van der Waals surface area contributed by atoms with Crippen molar-refractivity contribution < 1.29 is 9.13 Å². The Hall–Kier alpha value is -1.13. The fourth-order valence-electron chi connectivity index (χ4n) is 1.72. The Morgan fingerprint density at radius 3 is 2.71 bits per heavy atom. The number of nitrogens with zero attached hydrogens (tertiary/aromatic N) is 1. The van der Waals surface area contributed by atoms with Crippen LogP contribution in [0.3, 0.4) is 0 Å². The van der Waals surface area contributed by atoms with E-state index in [2.05, 4.69) is 4.90 Å². The zero-order valence-corrected chi connectivity index (χ0v) is 10.4. The molecule has 0 amide bonds. The van der Waals surface area contributed by atoms with Crippen molar-refractivity contribution in [3.63, 3.8) is 0 Å². The van der Waals surface area contributed by atoms with Crippen LogP contribution in [0.25, 0.3) is 0 Å². The number of nitrogens with two attached hydrogens (primary N) is 1. The van der Waals surface area contributed by atoms with Crippen molar-refractivity contribution in [3.05, 3.63) is 30.1 Å². The largest absolute Gasteiger partial charge is 0.385 e. The summed E-state index contributed by atoms with van der Waals surface area (Å²) in [6.45, 7) is 3.07. The third-order valence-electron chi connectivity index (χ3n) is 2.58. The summed E-state index contributed by atoms with van der Waals surface area (Å²) in [5, 5.41) is 0. The first kappa shape index (κ1) is 13.9. The summed E-state index contributed by atoms with van der Waals surface area (Å²) in [7, 11) is 1.69. The molecule has 1 rings (SSSR count). The highest BCUT2D eigenvalue weighted by atomic mass is 19.1. The van der Waals surface area contributed by atoms with Gasteiger partial charge < -0.3 is 15.4 Å². The fourth-order valence-corrected chi connectivity index (χ4v) is 1.72. The van der Waals surface area contributed by atoms with E-state index < -0.39 is 0 Å². The third-order valence-corrected chi connectivity index (χ3v) is 2.58. The van der Waals surface area contributed by atoms with Crippen LogP contribution in [0, 0.1) is 5.82 Å². The molecule has 0 aromatic heterocycles. The van der Waals surface area contributed by atoms with E-state index in [1.807, 2.05) is 6.07 Å². The first-order valence-corrected chi connectivity index (χ1v) is 5.97. The van der Waals surface area contributed by atoms with Gasteiger partial charge >= 0.3 is 0 Å². The van der Waals surface area contributed by atoms with Crippen LogP contribution in [0.4, 0.5) is 10.1 Å². The number of benzene rings is 1. The Labute approximate surface area is 102 Å². The zero-order valence-electron chi connectivity index (χ0n) is 10.4. The van der Waals surface area contributed by atoms with Crippen molar-refractivity contribution in [2.45, 2.75) is 12.8 Å². The lowest BCUT2D eigenvalue weighted by Crippen LogP contribution is -2.28. The maximum atomic E-state index is 13.2. The quantitative estimate of drug-likeness (QED) is 0.706. The maximum absolute atomic E-state index is 13.2. The lowest BCUT2D eigenvalue weighted by Gasteiger charge is -2.24. The second-order valence-electron chi connectivity index (χ2n) is 3.96. The molecule has 0 fully saturated rings. The molecule has 0 saturated carbocycles. The number of anilines is 1. The maximum Gasteiger partial charge on any atom is 0.125 e. The molecule has 0 aliphatic heterocycles. The Morgan fingerprint density at radius 1 is 1.29 bits per heavy atom. The summed E-state index contributed by atoms with van der Waals surface area (Å²) in [5.74, 6) is -0.202. The van der Waals surface area contributed by atoms with Gasteiger partial charge in [0.05, 0.1) is 0 Å². The highest BCUT2D eigenvalue weighted by Crippen LogP contribution is 2.16. The summed E-state index contributed by atoms with van der Waals surface area (Å²) in [6.07, 6.45) is 1.83. The Kier molecular flexibility index (Phi) is 6.58. The molecular weight excluding hydrogens is 219 g/mol. The molecule has 96 valence electrons. The highest BCUT2D eigenvalue weighted by Gasteiger charge is 2.06. The van der Waals surface area contributed by atoms with E-state index in [1.165, 1.54) is 6.07 Å². The molecular formula is C13H21FN2O. The van der Waals surface area contributed by atoms with Gasteiger partial charge in [0, 0.05) is 32.5 Å². The molecule has 0 atom stereocenters. The number of ether oxygens (including phenoxy) is 1. The molecule has 0 unspecified atom stereocenters. The SMILES string of the molecule is COCCCN(CCCN)c1cccc(F)c1. The number of halogens is 1. The molecule has 2 N–H and O–H groups in total. The molecule has 1 aromatic carbocycles. The summed E-state index contributed by atoms with van der Waals surface area (Å²) in [6, 6.07) is 6.67. The molecule has 0 aliphatic carbocycles. The van der Waals surface area contributed by atoms with Gasteiger partial charge in [-0.2, -0.15) is 0 Å². The first-order valence-electron chi connectivity index (χ1n) is 5.97. The lowest BCUT2D eigenvalue weighted by molar-refractivity contribution is 0.196. The Balaban J connectivity index is 2.60. The van der Waals surface area contributed by atoms with Crippen molar-refractivity contribution in [1.29, 1.82) is 0 Å². The minimum Gasteiger partial charge on any atom is -0.385 e. The predicted molar refractivity (Wildman–Crippen MR) is 68.8 cm³/mol. The summed E-state index contributed by atoms with van der Waals surface area (Å²) in [5.41, 5.74) is 6.43. The van der Waals surface area contributed by atoms with Crippen LogP contribution in [-0.4, -0.2) is 33.4 Å². The van der Waals surface area contributed by atoms with E-state index in [9.17, 15) is 4.39 Å². The number of hydrogen-bond acceptors (Lipinski definition) is 3. The molecule has 0 radical (unpaired) electrons. The standard InChI is InChI=1S/C13H21FN2O/c1-17-10-4-9-16(8-3-7-15)13-6-2-5-12(14)11-13/h2,5-6,11H,3-4,7-10,15H2,1H3. The number of methoxy groups -OCH3 is 1. The van der Waals surface area contributed by atoms with Crippen LogP contribution in [0.15, 0.2) is 24.3 Å². The van der Waals surface area contributed by atoms with Gasteiger partial charge in [-0.1, -0.05) is 6.07 Å². The third kappa shape index (κ3) is 5.15. The van der Waals surface area contributed by atoms with E-state index in [-0.39, 0.29) is 5.82 Å². The normalized spacial score (nSPS) is 10.5. The molecule has 0 spiro atoms. The van der Waals surface area contributed by atoms with Crippen LogP contribution in [0.2, 0.25) is 0 Å². The van der Waals surface area contributed by atoms with Crippen LogP contribution < -0.4 is 10.6 Å². The fraction of sp³-hybridized carbons (Fsp3) is 0.538. The molecule has 1 aromatic rings. The summed E-state index contributed by atoms with van der Waals surface area (Å²) >= 11 is 0. The Bertz CT molecular complexity index is 320. The minimum atomic E-state index is -0.202. The first-order chi connectivity index (χ1) is 8.27. The van der Waals surface area contributed by atoms with Gasteiger partial charge in [0.15, 0.2) is 0 Å². The predicted octanol–water partition coefficient (Wildman–Crippen LogP) is 2.02. The minimum absolute atomic E-state index is 0.202.